The van der Waals surface area contributed by atoms with Gasteiger partial charge in [-0.1, -0.05) is 243 Å². The summed E-state index contributed by atoms with van der Waals surface area (Å²) in [6.07, 6.45) is 1.50. The SMILES string of the molecule is CC#N.CC#N.CN(C)C=O.CN(C)C=O.[Cl-].[Cl-].[Cl-].[Cl-].[Ru+2].[Ru+2].c1ccc(P(c2ccccc2)c2ccsc2-c2ccc(-c3sccc3P(c3ccccc3)c3ccccc3)s2)cc1.c1ccc(P(c2ccccc2)c2ccsc2-c2ccc(-c3sccc3P(c3ccccc3)c3ccccc3)s2)cc1. The Morgan fingerprint density at radius 1 is 0.279 bits per heavy atom. The molecule has 0 saturated heterocycles. The van der Waals surface area contributed by atoms with E-state index in [2.05, 4.69) is 313 Å². The van der Waals surface area contributed by atoms with Crippen LogP contribution in [0.15, 0.2) is 313 Å². The molecule has 6 aromatic heterocycles. The number of benzene rings is 8. The fraction of sp³-hybridized carbons (Fsp3) is 0.0732. The van der Waals surface area contributed by atoms with E-state index in [0.717, 1.165) is 12.8 Å². The topological polar surface area (TPSA) is 88.2 Å². The van der Waals surface area contributed by atoms with Gasteiger partial charge in [-0.05, 0) is 144 Å². The zero-order valence-electron chi connectivity index (χ0n) is 57.2. The second-order valence-electron chi connectivity index (χ2n) is 21.5. The van der Waals surface area contributed by atoms with Gasteiger partial charge in [0.1, 0.15) is 0 Å². The Balaban J connectivity index is 0.000000427. The van der Waals surface area contributed by atoms with Crippen LogP contribution < -0.4 is 113 Å². The molecule has 0 spiro atoms. The predicted octanol–water partition coefficient (Wildman–Crippen LogP) is 5.92. The molecule has 0 N–H and O–H groups in total. The quantitative estimate of drug-likeness (QED) is 0.0607. The zero-order valence-corrected chi connectivity index (χ0v) is 72.2. The van der Waals surface area contributed by atoms with Crippen LogP contribution in [0, 0.1) is 22.7 Å². The molecule has 0 bridgehead atoms. The van der Waals surface area contributed by atoms with E-state index < -0.39 is 31.7 Å². The van der Waals surface area contributed by atoms with Crippen molar-refractivity contribution in [3.05, 3.63) is 313 Å². The van der Waals surface area contributed by atoms with Gasteiger partial charge in [-0.25, -0.2) is 0 Å². The van der Waals surface area contributed by atoms with Gasteiger partial charge in [0, 0.05) is 82.8 Å². The van der Waals surface area contributed by atoms with E-state index in [4.69, 9.17) is 10.5 Å². The van der Waals surface area contributed by atoms with Crippen molar-refractivity contribution in [2.45, 2.75) is 13.8 Å². The monoisotopic (exact) mass is 1800 g/mol. The summed E-state index contributed by atoms with van der Waals surface area (Å²) < 4.78 is 0. The summed E-state index contributed by atoms with van der Waals surface area (Å²) in [5, 5.41) is 40.6. The molecule has 0 unspecified atom stereocenters. The fourth-order valence-corrected chi connectivity index (χ4v) is 27.7. The van der Waals surface area contributed by atoms with E-state index in [1.165, 1.54) is 126 Å². The van der Waals surface area contributed by atoms with Gasteiger partial charge in [0.15, 0.2) is 0 Å². The minimum absolute atomic E-state index is 0. The van der Waals surface area contributed by atoms with Crippen LogP contribution in [0.2, 0.25) is 0 Å². The summed E-state index contributed by atoms with van der Waals surface area (Å²) in [4.78, 5) is 32.7. The Morgan fingerprint density at radius 2 is 0.413 bits per heavy atom. The van der Waals surface area contributed by atoms with Crippen molar-refractivity contribution in [3.63, 3.8) is 0 Å². The van der Waals surface area contributed by atoms with Crippen LogP contribution in [0.1, 0.15) is 13.8 Å². The molecule has 0 radical (unpaired) electrons. The van der Waals surface area contributed by atoms with Gasteiger partial charge < -0.3 is 59.4 Å². The second-order valence-corrected chi connectivity index (χ2v) is 36.1. The number of halogens is 4. The summed E-state index contributed by atoms with van der Waals surface area (Å²) in [5.41, 5.74) is 0. The van der Waals surface area contributed by atoms with Crippen molar-refractivity contribution in [1.82, 2.24) is 9.80 Å². The second kappa shape index (κ2) is 49.8. The molecule has 0 atom stereocenters. The fourth-order valence-electron chi connectivity index (χ4n) is 10.1. The molecule has 2 amide bonds. The molecule has 14 rings (SSSR count). The smallest absolute Gasteiger partial charge is 1.00 e. The van der Waals surface area contributed by atoms with E-state index in [-0.39, 0.29) is 88.6 Å². The van der Waals surface area contributed by atoms with Crippen LogP contribution in [-0.2, 0) is 48.5 Å². The maximum Gasteiger partial charge on any atom is 2.00 e. The maximum atomic E-state index is 9.43. The van der Waals surface area contributed by atoms with Gasteiger partial charge in [0.05, 0.1) is 31.6 Å². The number of hydrogen-bond acceptors (Lipinski definition) is 10. The Bertz CT molecular complexity index is 4010. The summed E-state index contributed by atoms with van der Waals surface area (Å²) in [6, 6.07) is 110. The van der Waals surface area contributed by atoms with Crippen LogP contribution >= 0.6 is 99.7 Å². The maximum absolute atomic E-state index is 9.43. The van der Waals surface area contributed by atoms with Crippen LogP contribution in [0.4, 0.5) is 0 Å². The molecule has 14 aromatic rings. The van der Waals surface area contributed by atoms with Crippen molar-refractivity contribution in [2.24, 2.45) is 0 Å². The molecule has 0 saturated carbocycles. The van der Waals surface area contributed by atoms with Crippen LogP contribution in [0.5, 0.6) is 0 Å². The number of carbonyl (C=O) groups excluding carboxylic acids is 2. The number of nitrogens with zero attached hydrogens (tertiary/aromatic N) is 4. The number of thiophene rings is 6. The first kappa shape index (κ1) is 92.2. The van der Waals surface area contributed by atoms with Gasteiger partial charge in [-0.15, -0.1) is 68.0 Å². The largest absolute Gasteiger partial charge is 2.00 e. The third kappa shape index (κ3) is 25.6. The average molecular weight is 1810 g/mol. The van der Waals surface area contributed by atoms with E-state index in [0.29, 0.717) is 0 Å². The summed E-state index contributed by atoms with van der Waals surface area (Å²) >= 11 is 11.3. The van der Waals surface area contributed by atoms with Gasteiger partial charge in [0.2, 0.25) is 12.8 Å². The van der Waals surface area contributed by atoms with E-state index in [1.54, 1.807) is 40.3 Å². The van der Waals surface area contributed by atoms with Crippen molar-refractivity contribution in [1.29, 1.82) is 10.5 Å². The predicted molar refractivity (Wildman–Crippen MR) is 439 cm³/mol. The number of rotatable bonds is 18. The zero-order chi connectivity index (χ0) is 68.9. The molecule has 104 heavy (non-hydrogen) atoms. The molecule has 8 aromatic carbocycles. The molecular formula is C82H72Cl4N4O2P4Ru2S6. The molecule has 6 nitrogen and oxygen atoms in total. The number of amides is 2. The van der Waals surface area contributed by atoms with Gasteiger partial charge in [-0.2, -0.15) is 10.5 Å². The third-order valence-corrected chi connectivity index (χ3v) is 31.3. The van der Waals surface area contributed by atoms with Crippen molar-refractivity contribution < 1.29 is 98.2 Å². The summed E-state index contributed by atoms with van der Waals surface area (Å²) in [7, 11) is 4.18. The van der Waals surface area contributed by atoms with Gasteiger partial charge in [0.25, 0.3) is 0 Å². The van der Waals surface area contributed by atoms with Crippen molar-refractivity contribution >= 4 is 176 Å². The number of carbonyl (C=O) groups is 2. The molecule has 0 aliphatic carbocycles. The van der Waals surface area contributed by atoms with E-state index in [1.807, 2.05) is 68.0 Å². The first-order valence-electron chi connectivity index (χ1n) is 31.1. The van der Waals surface area contributed by atoms with Crippen molar-refractivity contribution in [3.8, 4) is 51.2 Å². The Hall–Kier alpha value is -5.99. The average Bonchev–Trinajstić information content (AvgIpc) is 1.64. The molecule has 22 heteroatoms. The first-order valence-corrected chi connectivity index (χ1v) is 41.6. The molecule has 532 valence electrons. The standard InChI is InChI=1S/2C36H26P2S3.2C3H7NO.2C2H3N.4ClH.2Ru/c2*1-5-13-27(14-6-1)37(28-15-7-2-8-16-28)31-23-25-39-35(31)33-21-22-34(41-33)36-32(24-26-40-36)38(29-17-9-3-10-18-29)30-19-11-4-12-20-30;2*1-4(2)3-5;2*1-2-3;;;;;;/h2*1-26H;2*3H,1-2H3;2*1H3;4*1H;;/q;;;;;;;;;;2*+2/p-4. The van der Waals surface area contributed by atoms with E-state index >= 15 is 0 Å². The number of hydrogen-bond donors (Lipinski definition) is 0. The van der Waals surface area contributed by atoms with Gasteiger partial charge >= 0.3 is 39.0 Å². The normalized spacial score (nSPS) is 9.77. The van der Waals surface area contributed by atoms with Crippen LogP contribution in [0.3, 0.4) is 0 Å². The van der Waals surface area contributed by atoms with Crippen LogP contribution in [0.25, 0.3) is 39.0 Å². The van der Waals surface area contributed by atoms with E-state index in [9.17, 15) is 9.59 Å². The van der Waals surface area contributed by atoms with Gasteiger partial charge in [-0.3, -0.25) is 9.59 Å². The molecule has 6 heterocycles. The summed E-state index contributed by atoms with van der Waals surface area (Å²) in [5.74, 6) is 0. The first-order chi connectivity index (χ1) is 48.1. The molecule has 0 aliphatic rings. The number of nitriles is 2. The minimum atomic E-state index is -0.643. The van der Waals surface area contributed by atoms with Crippen molar-refractivity contribution in [2.75, 3.05) is 28.2 Å². The molecular weight excluding hydrogens is 1730 g/mol. The Kier molecular flexibility index (Phi) is 44.1. The molecule has 0 aliphatic heterocycles. The Labute approximate surface area is 693 Å². The third-order valence-electron chi connectivity index (χ3n) is 14.2. The van der Waals surface area contributed by atoms with Crippen LogP contribution in [-0.4, -0.2) is 50.8 Å². The summed E-state index contributed by atoms with van der Waals surface area (Å²) in [6.45, 7) is 2.86. The molecule has 0 fully saturated rings. The Morgan fingerprint density at radius 3 is 0.538 bits per heavy atom. The minimum Gasteiger partial charge on any atom is -1.00 e.